The first-order chi connectivity index (χ1) is 10.2. The van der Waals surface area contributed by atoms with Crippen LogP contribution in [-0.2, 0) is 4.79 Å². The third-order valence-corrected chi connectivity index (χ3v) is 4.29. The van der Waals surface area contributed by atoms with Crippen LogP contribution >= 0.6 is 11.8 Å². The molecule has 0 aliphatic heterocycles. The van der Waals surface area contributed by atoms with Gasteiger partial charge in [-0.2, -0.15) is 5.10 Å². The predicted molar refractivity (Wildman–Crippen MR) is 86.8 cm³/mol. The highest BCUT2D eigenvalue weighted by molar-refractivity contribution is 8.00. The summed E-state index contributed by atoms with van der Waals surface area (Å²) in [5.41, 5.74) is 1.71. The summed E-state index contributed by atoms with van der Waals surface area (Å²) in [6.45, 7) is 4.10. The second-order valence-corrected chi connectivity index (χ2v) is 6.19. The van der Waals surface area contributed by atoms with Gasteiger partial charge < -0.3 is 5.32 Å². The molecule has 0 bridgehead atoms. The van der Waals surface area contributed by atoms with E-state index in [9.17, 15) is 4.79 Å². The number of anilines is 1. The average molecular weight is 304 g/mol. The van der Waals surface area contributed by atoms with Crippen LogP contribution in [0.5, 0.6) is 0 Å². The molecule has 0 saturated carbocycles. The van der Waals surface area contributed by atoms with E-state index in [1.54, 1.807) is 22.8 Å². The molecule has 5 nitrogen and oxygen atoms in total. The van der Waals surface area contributed by atoms with Crippen molar-refractivity contribution in [2.75, 3.05) is 11.1 Å². The summed E-state index contributed by atoms with van der Waals surface area (Å²) in [6.07, 6.45) is 5.44. The molecule has 0 aliphatic carbocycles. The number of thioether (sulfide) groups is 1. The molecule has 1 aromatic carbocycles. The first-order valence-electron chi connectivity index (χ1n) is 7.08. The Labute approximate surface area is 129 Å². The molecular formula is C15H20N4OS. The smallest absolute Gasteiger partial charge is 0.237 e. The van der Waals surface area contributed by atoms with Crippen molar-refractivity contribution in [3.8, 4) is 5.69 Å². The monoisotopic (exact) mass is 304 g/mol. The maximum atomic E-state index is 12.1. The Morgan fingerprint density at radius 2 is 2.14 bits per heavy atom. The van der Waals surface area contributed by atoms with Crippen molar-refractivity contribution in [3.05, 3.63) is 36.9 Å². The lowest BCUT2D eigenvalue weighted by Crippen LogP contribution is -2.22. The van der Waals surface area contributed by atoms with Gasteiger partial charge in [0.2, 0.25) is 5.91 Å². The molecule has 2 aromatic rings. The quantitative estimate of drug-likeness (QED) is 0.798. The van der Waals surface area contributed by atoms with Gasteiger partial charge in [0.1, 0.15) is 12.7 Å². The zero-order chi connectivity index (χ0) is 15.1. The molecular weight excluding hydrogens is 284 g/mol. The minimum Gasteiger partial charge on any atom is -0.325 e. The van der Waals surface area contributed by atoms with E-state index in [1.807, 2.05) is 31.2 Å². The highest BCUT2D eigenvalue weighted by atomic mass is 32.2. The number of rotatable bonds is 7. The van der Waals surface area contributed by atoms with E-state index >= 15 is 0 Å². The molecule has 1 aromatic heterocycles. The predicted octanol–water partition coefficient (Wildman–Crippen LogP) is 3.13. The molecule has 1 amide bonds. The fourth-order valence-electron chi connectivity index (χ4n) is 1.76. The van der Waals surface area contributed by atoms with E-state index in [-0.39, 0.29) is 11.2 Å². The van der Waals surface area contributed by atoms with E-state index < -0.39 is 0 Å². The number of benzene rings is 1. The van der Waals surface area contributed by atoms with Crippen LogP contribution in [0, 0.1) is 0 Å². The first-order valence-corrected chi connectivity index (χ1v) is 8.13. The molecule has 0 fully saturated rings. The largest absolute Gasteiger partial charge is 0.325 e. The van der Waals surface area contributed by atoms with Crippen molar-refractivity contribution in [2.45, 2.75) is 31.9 Å². The summed E-state index contributed by atoms with van der Waals surface area (Å²) < 4.78 is 1.68. The molecule has 2 rings (SSSR count). The molecule has 0 saturated heterocycles. The Morgan fingerprint density at radius 3 is 2.76 bits per heavy atom. The molecule has 0 aliphatic rings. The third-order valence-electron chi connectivity index (χ3n) is 3.05. The highest BCUT2D eigenvalue weighted by Crippen LogP contribution is 2.17. The van der Waals surface area contributed by atoms with Crippen LogP contribution in [0.2, 0.25) is 0 Å². The molecule has 112 valence electrons. The third kappa shape index (κ3) is 4.60. The lowest BCUT2D eigenvalue weighted by atomic mass is 10.2. The van der Waals surface area contributed by atoms with Gasteiger partial charge >= 0.3 is 0 Å². The Morgan fingerprint density at radius 1 is 1.38 bits per heavy atom. The summed E-state index contributed by atoms with van der Waals surface area (Å²) in [5, 5.41) is 6.96. The number of hydrogen-bond acceptors (Lipinski definition) is 4. The van der Waals surface area contributed by atoms with Gasteiger partial charge in [0.05, 0.1) is 10.9 Å². The minimum atomic E-state index is -0.0356. The van der Waals surface area contributed by atoms with Crippen molar-refractivity contribution >= 4 is 23.4 Å². The highest BCUT2D eigenvalue weighted by Gasteiger charge is 2.13. The number of hydrogen-bond donors (Lipinski definition) is 1. The first kappa shape index (κ1) is 15.6. The van der Waals surface area contributed by atoms with Gasteiger partial charge in [-0.15, -0.1) is 11.8 Å². The molecule has 21 heavy (non-hydrogen) atoms. The standard InChI is InChI=1S/C15H20N4OS/c1-3-4-9-21-12(2)15(20)18-13-5-7-14(8-6-13)19-11-16-10-17-19/h5-8,10-12H,3-4,9H2,1-2H3,(H,18,20)/t12-/m1/s1. The summed E-state index contributed by atoms with van der Waals surface area (Å²) in [6, 6.07) is 7.55. The van der Waals surface area contributed by atoms with Gasteiger partial charge in [-0.3, -0.25) is 4.79 Å². The number of nitrogens with zero attached hydrogens (tertiary/aromatic N) is 3. The lowest BCUT2D eigenvalue weighted by Gasteiger charge is -2.12. The Balaban J connectivity index is 1.89. The molecule has 1 heterocycles. The Bertz CT molecular complexity index is 554. The Kier molecular flexibility index (Phi) is 5.80. The summed E-state index contributed by atoms with van der Waals surface area (Å²) in [7, 11) is 0. The zero-order valence-electron chi connectivity index (χ0n) is 12.3. The fourth-order valence-corrected chi connectivity index (χ4v) is 2.78. The molecule has 1 atom stereocenters. The number of carbonyl (C=O) groups is 1. The van der Waals surface area contributed by atoms with Crippen LogP contribution in [0.4, 0.5) is 5.69 Å². The van der Waals surface area contributed by atoms with E-state index in [4.69, 9.17) is 0 Å². The Hall–Kier alpha value is -1.82. The number of amides is 1. The van der Waals surface area contributed by atoms with Crippen molar-refractivity contribution < 1.29 is 4.79 Å². The molecule has 0 radical (unpaired) electrons. The maximum Gasteiger partial charge on any atom is 0.237 e. The van der Waals surface area contributed by atoms with Gasteiger partial charge in [0.15, 0.2) is 0 Å². The number of unbranched alkanes of at least 4 members (excludes halogenated alkanes) is 1. The van der Waals surface area contributed by atoms with Crippen LogP contribution in [0.1, 0.15) is 26.7 Å². The van der Waals surface area contributed by atoms with Gasteiger partial charge in [-0.25, -0.2) is 9.67 Å². The van der Waals surface area contributed by atoms with E-state index in [0.29, 0.717) is 0 Å². The van der Waals surface area contributed by atoms with Crippen molar-refractivity contribution in [1.82, 2.24) is 14.8 Å². The molecule has 0 spiro atoms. The van der Waals surface area contributed by atoms with E-state index in [2.05, 4.69) is 22.3 Å². The van der Waals surface area contributed by atoms with E-state index in [1.165, 1.54) is 6.33 Å². The maximum absolute atomic E-state index is 12.1. The fraction of sp³-hybridized carbons (Fsp3) is 0.400. The SMILES string of the molecule is CCCCS[C@H](C)C(=O)Nc1ccc(-n2cncn2)cc1. The molecule has 6 heteroatoms. The zero-order valence-corrected chi connectivity index (χ0v) is 13.1. The van der Waals surface area contributed by atoms with Crippen LogP contribution < -0.4 is 5.32 Å². The van der Waals surface area contributed by atoms with Crippen molar-refractivity contribution in [2.24, 2.45) is 0 Å². The van der Waals surface area contributed by atoms with Crippen LogP contribution in [0.3, 0.4) is 0 Å². The molecule has 0 unspecified atom stereocenters. The second-order valence-electron chi connectivity index (χ2n) is 4.74. The van der Waals surface area contributed by atoms with Gasteiger partial charge in [-0.1, -0.05) is 13.3 Å². The average Bonchev–Trinajstić information content (AvgIpc) is 3.02. The van der Waals surface area contributed by atoms with Gasteiger partial charge in [0.25, 0.3) is 0 Å². The van der Waals surface area contributed by atoms with Gasteiger partial charge in [-0.05, 0) is 43.4 Å². The van der Waals surface area contributed by atoms with Crippen molar-refractivity contribution in [3.63, 3.8) is 0 Å². The normalized spacial score (nSPS) is 12.1. The summed E-state index contributed by atoms with van der Waals surface area (Å²) in [5.74, 6) is 1.07. The minimum absolute atomic E-state index is 0.0356. The second kappa shape index (κ2) is 7.83. The van der Waals surface area contributed by atoms with Crippen molar-refractivity contribution in [1.29, 1.82) is 0 Å². The topological polar surface area (TPSA) is 59.8 Å². The number of carbonyl (C=O) groups excluding carboxylic acids is 1. The van der Waals surface area contributed by atoms with Crippen LogP contribution in [0.15, 0.2) is 36.9 Å². The van der Waals surface area contributed by atoms with Crippen LogP contribution in [-0.4, -0.2) is 31.7 Å². The number of aromatic nitrogens is 3. The lowest BCUT2D eigenvalue weighted by molar-refractivity contribution is -0.115. The number of nitrogens with one attached hydrogen (secondary N) is 1. The van der Waals surface area contributed by atoms with Crippen LogP contribution in [0.25, 0.3) is 5.69 Å². The summed E-state index contributed by atoms with van der Waals surface area (Å²) >= 11 is 1.70. The molecule has 1 N–H and O–H groups in total. The van der Waals surface area contributed by atoms with E-state index in [0.717, 1.165) is 30.0 Å². The van der Waals surface area contributed by atoms with Gasteiger partial charge in [0, 0.05) is 5.69 Å². The summed E-state index contributed by atoms with van der Waals surface area (Å²) in [4.78, 5) is 16.0.